The summed E-state index contributed by atoms with van der Waals surface area (Å²) in [6.07, 6.45) is 5.34. The summed E-state index contributed by atoms with van der Waals surface area (Å²) in [5, 5.41) is 33.4. The van der Waals surface area contributed by atoms with Crippen LogP contribution in [0, 0.1) is 79.5 Å². The van der Waals surface area contributed by atoms with E-state index in [0.29, 0.717) is 22.9 Å². The maximum Gasteiger partial charge on any atom is 3.00 e. The van der Waals surface area contributed by atoms with Gasteiger partial charge in [-0.1, -0.05) is 62.1 Å². The quantitative estimate of drug-likeness (QED) is 0.112. The number of halogens is 8. The molecule has 0 aliphatic carbocycles. The molecule has 0 atom stereocenters. The Balaban J connectivity index is 0.000000188. The van der Waals surface area contributed by atoms with Crippen LogP contribution in [0.5, 0.6) is 0 Å². The van der Waals surface area contributed by atoms with Crippen LogP contribution in [-0.4, -0.2) is 49.7 Å². The maximum atomic E-state index is 13.1. The minimum atomic E-state index is -4.45. The summed E-state index contributed by atoms with van der Waals surface area (Å²) in [5.74, 6) is -1.93. The molecule has 7 aromatic carbocycles. The van der Waals surface area contributed by atoms with Gasteiger partial charge in [-0.15, -0.1) is 126 Å². The van der Waals surface area contributed by atoms with Crippen LogP contribution in [0.15, 0.2) is 207 Å². The van der Waals surface area contributed by atoms with Crippen molar-refractivity contribution in [3.8, 4) is 62.4 Å². The Bertz CT molecular complexity index is 3880. The first kappa shape index (κ1) is 67.9. The number of rotatable bonds is 7. The maximum absolute atomic E-state index is 13.1. The molecule has 0 saturated heterocycles. The van der Waals surface area contributed by atoms with Crippen LogP contribution in [0.4, 0.5) is 35.1 Å². The van der Waals surface area contributed by atoms with E-state index in [9.17, 15) is 35.1 Å². The van der Waals surface area contributed by atoms with Gasteiger partial charge in [0.25, 0.3) is 0 Å². The van der Waals surface area contributed by atoms with Crippen molar-refractivity contribution in [1.82, 2.24) is 64.9 Å². The van der Waals surface area contributed by atoms with Gasteiger partial charge in [-0.05, 0) is 40.8 Å². The summed E-state index contributed by atoms with van der Waals surface area (Å²) in [6, 6.07) is 64.0. The normalized spacial score (nSPS) is 10.2. The van der Waals surface area contributed by atoms with Crippen molar-refractivity contribution in [1.29, 1.82) is 0 Å². The van der Waals surface area contributed by atoms with E-state index >= 15 is 0 Å². The molecule has 24 heteroatoms. The van der Waals surface area contributed by atoms with Gasteiger partial charge in [0.15, 0.2) is 5.95 Å². The molecule has 13 rings (SSSR count). The molecule has 0 amide bonds. The number of alkyl halides is 3. The molecule has 0 unspecified atom stereocenters. The molecule has 0 fully saturated rings. The molecule has 0 spiro atoms. The van der Waals surface area contributed by atoms with Gasteiger partial charge >= 0.3 is 66.5 Å². The SMILES string of the molecule is Cc1cc[c-]c(-c2cc(C(F)(F)F)n[n-]2)c1.Cc1cc[c-]c(-c2cc(F)n[n-]2)c1.Fc1c[c-]c(-n2cccn2)c(F)c1.Fc1c[c-]c(-n2cccn2)c(F)c1.[Ir+3].[Ir+3].[Ir+3].[c-]1ccccc1-c1nnc(-c2ccccc2)[n-]1.[c-]1ccccc1-n1cccn1. The van der Waals surface area contributed by atoms with Crippen molar-refractivity contribution in [2.75, 3.05) is 0 Å². The van der Waals surface area contributed by atoms with Crippen LogP contribution in [0.2, 0.25) is 0 Å². The van der Waals surface area contributed by atoms with Crippen molar-refractivity contribution >= 4 is 0 Å². The van der Waals surface area contributed by atoms with Gasteiger partial charge in [-0.25, -0.2) is 11.4 Å². The zero-order valence-electron chi connectivity index (χ0n) is 44.5. The van der Waals surface area contributed by atoms with Crippen molar-refractivity contribution in [2.24, 2.45) is 0 Å². The van der Waals surface area contributed by atoms with Gasteiger partial charge in [0.1, 0.15) is 5.69 Å². The van der Waals surface area contributed by atoms with Gasteiger partial charge in [0.2, 0.25) is 0 Å². The fourth-order valence-corrected chi connectivity index (χ4v) is 6.99. The first-order valence-electron chi connectivity index (χ1n) is 24.5. The summed E-state index contributed by atoms with van der Waals surface area (Å²) in [4.78, 5) is 4.40. The summed E-state index contributed by atoms with van der Waals surface area (Å²) in [6.45, 7) is 3.81. The van der Waals surface area contributed by atoms with Crippen LogP contribution in [0.25, 0.3) is 62.4 Å². The van der Waals surface area contributed by atoms with E-state index in [2.05, 4.69) is 87.3 Å². The van der Waals surface area contributed by atoms with Gasteiger partial charge in [-0.2, -0.15) is 80.4 Å². The monoisotopic (exact) mass is 1700 g/mol. The van der Waals surface area contributed by atoms with Crippen molar-refractivity contribution < 1.29 is 95.4 Å². The van der Waals surface area contributed by atoms with Crippen LogP contribution in [-0.2, 0) is 66.5 Å². The van der Waals surface area contributed by atoms with Crippen molar-refractivity contribution in [3.05, 3.63) is 289 Å². The van der Waals surface area contributed by atoms with E-state index in [4.69, 9.17) is 0 Å². The Kier molecular flexibility index (Phi) is 26.5. The second-order valence-corrected chi connectivity index (χ2v) is 17.0. The standard InChI is InChI=1S/C14H9N3.C11H7F3N2.C10H7FN2.2C9H5F2N2.C9H7N2.3Ir/c1-3-7-11(8-4-1)13-15-14(17-16-13)12-9-5-2-6-10-12;1-7-3-2-4-8(5-7)9-6-10(16-15-9)11(12,13)14;1-7-3-2-4-8(5-7)9-6-10(11)13-12-9;2*10-7-2-3-9(8(11)6-7)13-5-1-4-12-13;1-2-5-9(6-3-1)11-8-4-7-10-11;;;/h1-9H;2-3,5-6H,1H3;2-3,5-6H,1H3;2*1-2,4-6H;1-5,7-8H;;;/q3*-2;3*-1;3*+3. The summed E-state index contributed by atoms with van der Waals surface area (Å²) < 4.78 is 105. The molecule has 86 heavy (non-hydrogen) atoms. The molecule has 0 aliphatic heterocycles. The summed E-state index contributed by atoms with van der Waals surface area (Å²) in [7, 11) is 0. The first-order valence-corrected chi connectivity index (χ1v) is 24.5. The number of nitrogens with zero attached hydrogens (tertiary/aromatic N) is 13. The summed E-state index contributed by atoms with van der Waals surface area (Å²) in [5.41, 5.74) is 6.11. The fraction of sp³-hybridized carbons (Fsp3) is 0.0484. The number of benzene rings is 7. The Hall–Kier alpha value is -8.88. The Morgan fingerprint density at radius 3 is 1.38 bits per heavy atom. The van der Waals surface area contributed by atoms with Crippen molar-refractivity contribution in [2.45, 2.75) is 20.0 Å². The van der Waals surface area contributed by atoms with E-state index in [0.717, 1.165) is 63.8 Å². The zero-order valence-corrected chi connectivity index (χ0v) is 51.7. The molecule has 436 valence electrons. The molecule has 0 N–H and O–H groups in total. The van der Waals surface area contributed by atoms with Crippen LogP contribution in [0.1, 0.15) is 16.8 Å². The molecule has 0 saturated carbocycles. The van der Waals surface area contributed by atoms with E-state index in [1.54, 1.807) is 53.6 Å². The molecule has 13 nitrogen and oxygen atoms in total. The first-order chi connectivity index (χ1) is 40.2. The Labute approximate surface area is 528 Å². The second-order valence-electron chi connectivity index (χ2n) is 17.0. The molecule has 0 radical (unpaired) electrons. The van der Waals surface area contributed by atoms with Gasteiger partial charge in [0.05, 0.1) is 0 Å². The van der Waals surface area contributed by atoms with Crippen molar-refractivity contribution in [3.63, 3.8) is 0 Å². The molecular weight excluding hydrogens is 1660 g/mol. The minimum absolute atomic E-state index is 0. The number of aromatic nitrogens is 13. The number of para-hydroxylation sites is 1. The molecule has 0 bridgehead atoms. The molecule has 13 aromatic rings. The van der Waals surface area contributed by atoms with Gasteiger partial charge in [-0.3, -0.25) is 31.6 Å². The third-order valence-electron chi connectivity index (χ3n) is 10.8. The van der Waals surface area contributed by atoms with E-state index < -0.39 is 41.1 Å². The van der Waals surface area contributed by atoms with Crippen LogP contribution >= 0.6 is 0 Å². The minimum Gasteiger partial charge on any atom is -0.618 e. The predicted octanol–water partition coefficient (Wildman–Crippen LogP) is 12.9. The molecular formula is C62H40F8Ir3N13. The Morgan fingerprint density at radius 2 is 0.942 bits per heavy atom. The van der Waals surface area contributed by atoms with Gasteiger partial charge in [0, 0.05) is 66.3 Å². The van der Waals surface area contributed by atoms with Gasteiger partial charge < -0.3 is 35.6 Å². The molecule has 6 heterocycles. The third kappa shape index (κ3) is 20.1. The van der Waals surface area contributed by atoms with E-state index in [-0.39, 0.29) is 77.4 Å². The molecule has 6 aromatic heterocycles. The third-order valence-corrected chi connectivity index (χ3v) is 10.8. The average Bonchev–Trinajstić information content (AvgIpc) is 4.55. The average molecular weight is 1700 g/mol. The number of hydrogen-bond acceptors (Lipinski definition) is 7. The smallest absolute Gasteiger partial charge is 0.618 e. The van der Waals surface area contributed by atoms with E-state index in [1.165, 1.54) is 27.8 Å². The summed E-state index contributed by atoms with van der Waals surface area (Å²) >= 11 is 0. The van der Waals surface area contributed by atoms with Crippen LogP contribution < -0.4 is 15.2 Å². The molecule has 0 aliphatic rings. The Morgan fingerprint density at radius 1 is 0.453 bits per heavy atom. The number of aryl methyl sites for hydroxylation is 2. The predicted molar refractivity (Wildman–Crippen MR) is 290 cm³/mol. The van der Waals surface area contributed by atoms with Crippen LogP contribution in [0.3, 0.4) is 0 Å². The zero-order chi connectivity index (χ0) is 58.6. The topological polar surface area (TPSA) is 147 Å². The van der Waals surface area contributed by atoms with E-state index in [1.807, 2.05) is 123 Å². The fourth-order valence-electron chi connectivity index (χ4n) is 6.99. The largest absolute Gasteiger partial charge is 3.00 e. The second kappa shape index (κ2) is 33.6. The number of hydrogen-bond donors (Lipinski definition) is 0.